The van der Waals surface area contributed by atoms with Crippen LogP contribution in [0.25, 0.3) is 0 Å². The maximum absolute atomic E-state index is 13.8. The molecular formula is C39H54N4O10S2. The third-order valence-corrected chi connectivity index (χ3v) is 14.7. The van der Waals surface area contributed by atoms with Crippen molar-refractivity contribution in [2.24, 2.45) is 5.92 Å². The molecule has 5 rings (SSSR count). The summed E-state index contributed by atoms with van der Waals surface area (Å²) >= 11 is 0. The zero-order valence-electron chi connectivity index (χ0n) is 32.3. The zero-order chi connectivity index (χ0) is 40.1. The number of rotatable bonds is 16. The van der Waals surface area contributed by atoms with Crippen LogP contribution in [0.3, 0.4) is 0 Å². The van der Waals surface area contributed by atoms with E-state index in [1.165, 1.54) is 9.21 Å². The van der Waals surface area contributed by atoms with Crippen molar-refractivity contribution in [2.45, 2.75) is 120 Å². The molecule has 2 aromatic rings. The summed E-state index contributed by atoms with van der Waals surface area (Å²) in [5.74, 6) is -2.75. The van der Waals surface area contributed by atoms with Crippen molar-refractivity contribution >= 4 is 43.6 Å². The Balaban J connectivity index is 1.23. The fourth-order valence-corrected chi connectivity index (χ4v) is 11.4. The SMILES string of the molecule is CCCCOC(=O)C(=O)C(CC1CCC(NS(=O)(=O)c2c(C)cc(OC)c(C)c2C)CC1)NC(=O)[C@@H]1CCC2CN(S(=O)(=O)Cc3ccccc3)CC(=O)N21. The van der Waals surface area contributed by atoms with Crippen molar-refractivity contribution in [3.63, 3.8) is 0 Å². The molecule has 2 unspecified atom stereocenters. The van der Waals surface area contributed by atoms with E-state index in [0.717, 1.165) is 12.0 Å². The molecule has 2 N–H and O–H groups in total. The highest BCUT2D eigenvalue weighted by atomic mass is 32.2. The highest BCUT2D eigenvalue weighted by Crippen LogP contribution is 2.34. The van der Waals surface area contributed by atoms with Crippen LogP contribution in [0.2, 0.25) is 0 Å². The number of ketones is 1. The average molecular weight is 803 g/mol. The first-order valence-electron chi connectivity index (χ1n) is 19.1. The number of hydrogen-bond acceptors (Lipinski definition) is 10. The van der Waals surface area contributed by atoms with Crippen molar-refractivity contribution in [3.8, 4) is 5.75 Å². The van der Waals surface area contributed by atoms with Gasteiger partial charge in [-0.1, -0.05) is 43.7 Å². The lowest BCUT2D eigenvalue weighted by atomic mass is 9.82. The Hall–Kier alpha value is -3.86. The first kappa shape index (κ1) is 42.3. The molecule has 2 amide bonds. The molecule has 3 fully saturated rings. The maximum atomic E-state index is 13.8. The fourth-order valence-electron chi connectivity index (χ4n) is 8.11. The Morgan fingerprint density at radius 1 is 0.945 bits per heavy atom. The molecular weight excluding hydrogens is 749 g/mol. The van der Waals surface area contributed by atoms with Gasteiger partial charge in [0, 0.05) is 18.6 Å². The van der Waals surface area contributed by atoms with Crippen molar-refractivity contribution in [1.29, 1.82) is 0 Å². The number of sulfonamides is 2. The molecule has 0 aromatic heterocycles. The van der Waals surface area contributed by atoms with E-state index in [-0.39, 0.29) is 48.6 Å². The molecule has 0 radical (unpaired) electrons. The predicted octanol–water partition coefficient (Wildman–Crippen LogP) is 3.45. The first-order valence-corrected chi connectivity index (χ1v) is 22.2. The van der Waals surface area contributed by atoms with Gasteiger partial charge >= 0.3 is 5.97 Å². The van der Waals surface area contributed by atoms with Crippen LogP contribution in [-0.2, 0) is 49.7 Å². The summed E-state index contributed by atoms with van der Waals surface area (Å²) in [6, 6.07) is 7.43. The summed E-state index contributed by atoms with van der Waals surface area (Å²) in [6.45, 7) is 6.96. The molecule has 302 valence electrons. The Kier molecular flexibility index (Phi) is 13.8. The van der Waals surface area contributed by atoms with Gasteiger partial charge in [0.1, 0.15) is 11.8 Å². The lowest BCUT2D eigenvalue weighted by Crippen LogP contribution is -2.60. The number of carbonyl (C=O) groups is 4. The third-order valence-electron chi connectivity index (χ3n) is 11.2. The van der Waals surface area contributed by atoms with Gasteiger partial charge in [0.05, 0.1) is 37.0 Å². The summed E-state index contributed by atoms with van der Waals surface area (Å²) in [7, 11) is -6.12. The van der Waals surface area contributed by atoms with Gasteiger partial charge in [-0.05, 0) is 106 Å². The third kappa shape index (κ3) is 9.94. The second-order valence-corrected chi connectivity index (χ2v) is 18.7. The largest absolute Gasteiger partial charge is 0.496 e. The van der Waals surface area contributed by atoms with E-state index in [9.17, 15) is 36.0 Å². The van der Waals surface area contributed by atoms with Crippen LogP contribution in [0.4, 0.5) is 0 Å². The number of methoxy groups -OCH3 is 1. The monoisotopic (exact) mass is 802 g/mol. The van der Waals surface area contributed by atoms with Crippen LogP contribution in [0, 0.1) is 26.7 Å². The second-order valence-electron chi connectivity index (χ2n) is 15.0. The molecule has 3 atom stereocenters. The Morgan fingerprint density at radius 2 is 1.64 bits per heavy atom. The van der Waals surface area contributed by atoms with Crippen molar-refractivity contribution in [3.05, 3.63) is 58.7 Å². The van der Waals surface area contributed by atoms with E-state index in [2.05, 4.69) is 10.0 Å². The number of aryl methyl sites for hydroxylation is 1. The number of amides is 2. The molecule has 3 aliphatic rings. The number of ether oxygens (including phenoxy) is 2. The normalized spacial score (nSPS) is 22.5. The maximum Gasteiger partial charge on any atom is 0.376 e. The number of fused-ring (bicyclic) bond motifs is 1. The van der Waals surface area contributed by atoms with Crippen LogP contribution in [0.15, 0.2) is 41.3 Å². The second kappa shape index (κ2) is 17.9. The van der Waals surface area contributed by atoms with Crippen LogP contribution < -0.4 is 14.8 Å². The van der Waals surface area contributed by atoms with Gasteiger partial charge in [0.2, 0.25) is 31.9 Å². The number of nitrogens with zero attached hydrogens (tertiary/aromatic N) is 2. The summed E-state index contributed by atoms with van der Waals surface area (Å²) < 4.78 is 68.3. The molecule has 0 bridgehead atoms. The molecule has 55 heavy (non-hydrogen) atoms. The molecule has 2 heterocycles. The molecule has 2 aliphatic heterocycles. The van der Waals surface area contributed by atoms with Crippen LogP contribution in [0.5, 0.6) is 5.75 Å². The van der Waals surface area contributed by atoms with E-state index >= 15 is 0 Å². The lowest BCUT2D eigenvalue weighted by molar-refractivity contribution is -0.155. The molecule has 16 heteroatoms. The minimum Gasteiger partial charge on any atom is -0.496 e. The van der Waals surface area contributed by atoms with Gasteiger partial charge in [-0.3, -0.25) is 14.4 Å². The molecule has 2 saturated heterocycles. The fraction of sp³-hybridized carbons (Fsp3) is 0.590. The lowest BCUT2D eigenvalue weighted by Gasteiger charge is -2.39. The van der Waals surface area contributed by atoms with Gasteiger partial charge in [-0.25, -0.2) is 26.4 Å². The highest BCUT2D eigenvalue weighted by molar-refractivity contribution is 7.89. The van der Waals surface area contributed by atoms with Crippen LogP contribution in [0.1, 0.15) is 87.0 Å². The van der Waals surface area contributed by atoms with Gasteiger partial charge in [0.25, 0.3) is 5.78 Å². The number of unbranched alkanes of at least 4 members (excludes halogenated alkanes) is 1. The number of esters is 1. The molecule has 0 spiro atoms. The smallest absolute Gasteiger partial charge is 0.376 e. The summed E-state index contributed by atoms with van der Waals surface area (Å²) in [5.41, 5.74) is 2.55. The van der Waals surface area contributed by atoms with Gasteiger partial charge < -0.3 is 19.7 Å². The average Bonchev–Trinajstić information content (AvgIpc) is 3.58. The number of hydrogen-bond donors (Lipinski definition) is 2. The molecule has 14 nitrogen and oxygen atoms in total. The van der Waals surface area contributed by atoms with E-state index in [1.807, 2.05) is 13.8 Å². The standard InChI is InChI=1S/C39H54N4O10S2/c1-6-7-19-53-39(47)36(45)32(21-28-13-15-30(16-14-28)41-55(50,51)37-25(2)20-34(52-5)26(3)27(37)4)40-38(46)33-18-17-31-22-42(23-35(44)43(31)33)54(48,49)24-29-11-9-8-10-12-29/h8-12,20,28,30-33,41H,6-7,13-19,21-24H2,1-5H3,(H,40,46)/t28?,30?,31?,32?,33-/m0/s1. The summed E-state index contributed by atoms with van der Waals surface area (Å²) in [5, 5.41) is 2.77. The number of carbonyl (C=O) groups excluding carboxylic acids is 4. The van der Waals surface area contributed by atoms with Gasteiger partial charge in [0.15, 0.2) is 0 Å². The first-order chi connectivity index (χ1) is 26.1. The van der Waals surface area contributed by atoms with Crippen LogP contribution >= 0.6 is 0 Å². The number of piperazine rings is 1. The Morgan fingerprint density at radius 3 is 2.29 bits per heavy atom. The Labute approximate surface area is 324 Å². The van der Waals surface area contributed by atoms with E-state index in [0.29, 0.717) is 61.0 Å². The minimum absolute atomic E-state index is 0.0566. The topological polar surface area (TPSA) is 186 Å². The molecule has 1 saturated carbocycles. The number of benzene rings is 2. The van der Waals surface area contributed by atoms with Crippen LogP contribution in [-0.4, -0.2) is 101 Å². The van der Waals surface area contributed by atoms with E-state index < -0.39 is 68.3 Å². The zero-order valence-corrected chi connectivity index (χ0v) is 34.0. The summed E-state index contributed by atoms with van der Waals surface area (Å²) in [4.78, 5) is 55.3. The quantitative estimate of drug-likeness (QED) is 0.145. The van der Waals surface area contributed by atoms with E-state index in [4.69, 9.17) is 9.47 Å². The van der Waals surface area contributed by atoms with Crippen molar-refractivity contribution in [1.82, 2.24) is 19.2 Å². The molecule has 2 aromatic carbocycles. The summed E-state index contributed by atoms with van der Waals surface area (Å²) in [6.07, 6.45) is 4.20. The highest BCUT2D eigenvalue weighted by Gasteiger charge is 2.48. The minimum atomic E-state index is -3.86. The van der Waals surface area contributed by atoms with Gasteiger partial charge in [-0.2, -0.15) is 4.31 Å². The van der Waals surface area contributed by atoms with Gasteiger partial charge in [-0.15, -0.1) is 0 Å². The number of Topliss-reactive ketones (excluding diaryl/α,β-unsaturated/α-hetero) is 1. The number of nitrogens with one attached hydrogen (secondary N) is 2. The van der Waals surface area contributed by atoms with Crippen molar-refractivity contribution < 1.29 is 45.5 Å². The molecule has 1 aliphatic carbocycles. The predicted molar refractivity (Wildman–Crippen MR) is 205 cm³/mol. The van der Waals surface area contributed by atoms with Crippen molar-refractivity contribution in [2.75, 3.05) is 26.8 Å². The Bertz CT molecular complexity index is 1960. The van der Waals surface area contributed by atoms with E-state index in [1.54, 1.807) is 57.4 Å².